The molecule has 0 atom stereocenters. The van der Waals surface area contributed by atoms with Crippen molar-refractivity contribution in [2.45, 2.75) is 13.5 Å². The lowest BCUT2D eigenvalue weighted by Gasteiger charge is -1.96. The van der Waals surface area contributed by atoms with Gasteiger partial charge in [-0.15, -0.1) is 0 Å². The minimum atomic E-state index is -0.405. The number of nitro groups is 1. The van der Waals surface area contributed by atoms with Crippen LogP contribution in [0.25, 0.3) is 33.7 Å². The Hall–Kier alpha value is -3.25. The quantitative estimate of drug-likeness (QED) is 0.260. The van der Waals surface area contributed by atoms with Crippen molar-refractivity contribution in [3.05, 3.63) is 81.5 Å². The molecule has 0 aliphatic heterocycles. The molecule has 2 aromatic heterocycles. The predicted molar refractivity (Wildman–Crippen MR) is 107 cm³/mol. The van der Waals surface area contributed by atoms with Crippen molar-refractivity contribution in [3.8, 4) is 11.3 Å². The molecule has 0 saturated carbocycles. The molecule has 0 N–H and O–H groups in total. The second kappa shape index (κ2) is 7.17. The van der Waals surface area contributed by atoms with Crippen LogP contribution in [-0.4, -0.2) is 4.92 Å². The number of hydrogen-bond donors (Lipinski definition) is 0. The van der Waals surface area contributed by atoms with Gasteiger partial charge < -0.3 is 4.42 Å². The molecule has 0 aliphatic carbocycles. The lowest BCUT2D eigenvalue weighted by molar-refractivity contribution is -0.665. The van der Waals surface area contributed by atoms with Crippen LogP contribution in [0.2, 0.25) is 0 Å². The number of aryl methyl sites for hydroxylation is 1. The summed E-state index contributed by atoms with van der Waals surface area (Å²) in [5, 5.41) is 12.1. The first-order valence-electron chi connectivity index (χ1n) is 8.60. The SMILES string of the molecule is CC[n+]1c(/C=C/c2ccc(-c3cccc([N+](=O)[O-])c3)o2)sc2ccccc21. The van der Waals surface area contributed by atoms with Gasteiger partial charge in [0.25, 0.3) is 10.7 Å². The summed E-state index contributed by atoms with van der Waals surface area (Å²) in [6.45, 7) is 3.02. The average Bonchev–Trinajstić information content (AvgIpc) is 3.30. The standard InChI is InChI=1S/C21H17N2O3S/c1-2-22-18-8-3-4-9-20(18)27-21(22)13-11-17-10-12-19(26-17)15-6-5-7-16(14-15)23(24)25/h3-14H,2H2,1H3/q+1/b13-11+. The van der Waals surface area contributed by atoms with Crippen LogP contribution in [0.1, 0.15) is 17.7 Å². The van der Waals surface area contributed by atoms with Gasteiger partial charge in [0.05, 0.1) is 4.92 Å². The molecule has 0 bridgehead atoms. The second-order valence-electron chi connectivity index (χ2n) is 6.00. The van der Waals surface area contributed by atoms with E-state index >= 15 is 0 Å². The number of benzene rings is 2. The third kappa shape index (κ3) is 3.39. The molecular formula is C21H17N2O3S+. The molecule has 0 fully saturated rings. The Morgan fingerprint density at radius 1 is 1.11 bits per heavy atom. The van der Waals surface area contributed by atoms with Crippen molar-refractivity contribution in [1.82, 2.24) is 0 Å². The van der Waals surface area contributed by atoms with E-state index in [0.29, 0.717) is 17.1 Å². The van der Waals surface area contributed by atoms with Gasteiger partial charge >= 0.3 is 0 Å². The van der Waals surface area contributed by atoms with Gasteiger partial charge in [-0.2, -0.15) is 4.57 Å². The van der Waals surface area contributed by atoms with Crippen molar-refractivity contribution < 1.29 is 13.9 Å². The fourth-order valence-corrected chi connectivity index (χ4v) is 4.16. The molecule has 2 heterocycles. The van der Waals surface area contributed by atoms with Crippen LogP contribution in [0.4, 0.5) is 5.69 Å². The monoisotopic (exact) mass is 377 g/mol. The highest BCUT2D eigenvalue weighted by atomic mass is 32.1. The van der Waals surface area contributed by atoms with Gasteiger partial charge in [-0.05, 0) is 31.2 Å². The number of aromatic nitrogens is 1. The predicted octanol–water partition coefficient (Wildman–Crippen LogP) is 5.55. The maximum absolute atomic E-state index is 10.9. The first-order chi connectivity index (χ1) is 13.2. The van der Waals surface area contributed by atoms with E-state index in [1.807, 2.05) is 36.4 Å². The summed E-state index contributed by atoms with van der Waals surface area (Å²) < 4.78 is 9.37. The molecule has 2 aromatic carbocycles. The smallest absolute Gasteiger partial charge is 0.270 e. The van der Waals surface area contributed by atoms with Crippen molar-refractivity contribution in [2.24, 2.45) is 0 Å². The van der Waals surface area contributed by atoms with Crippen LogP contribution < -0.4 is 4.57 Å². The van der Waals surface area contributed by atoms with Crippen LogP contribution in [0.3, 0.4) is 0 Å². The van der Waals surface area contributed by atoms with E-state index in [1.54, 1.807) is 23.5 Å². The van der Waals surface area contributed by atoms with E-state index in [0.717, 1.165) is 11.6 Å². The van der Waals surface area contributed by atoms with E-state index in [9.17, 15) is 10.1 Å². The molecule has 134 valence electrons. The Morgan fingerprint density at radius 2 is 1.96 bits per heavy atom. The Balaban J connectivity index is 1.63. The fourth-order valence-electron chi connectivity index (χ4n) is 3.03. The number of non-ortho nitro benzene ring substituents is 1. The van der Waals surface area contributed by atoms with Crippen molar-refractivity contribution in [1.29, 1.82) is 0 Å². The first kappa shape index (κ1) is 17.2. The minimum Gasteiger partial charge on any atom is -0.457 e. The zero-order valence-electron chi connectivity index (χ0n) is 14.7. The lowest BCUT2D eigenvalue weighted by Crippen LogP contribution is -2.33. The van der Waals surface area contributed by atoms with Crippen molar-refractivity contribution in [2.75, 3.05) is 0 Å². The number of nitro benzene ring substituents is 1. The van der Waals surface area contributed by atoms with E-state index in [2.05, 4.69) is 23.6 Å². The van der Waals surface area contributed by atoms with Gasteiger partial charge in [-0.1, -0.05) is 35.6 Å². The number of rotatable bonds is 5. The number of fused-ring (bicyclic) bond motifs is 1. The van der Waals surface area contributed by atoms with E-state index in [4.69, 9.17) is 4.42 Å². The average molecular weight is 377 g/mol. The molecular weight excluding hydrogens is 360 g/mol. The molecule has 27 heavy (non-hydrogen) atoms. The summed E-state index contributed by atoms with van der Waals surface area (Å²) in [4.78, 5) is 10.5. The van der Waals surface area contributed by atoms with Crippen LogP contribution in [0, 0.1) is 10.1 Å². The summed E-state index contributed by atoms with van der Waals surface area (Å²) in [5.74, 6) is 1.31. The number of thiazole rings is 1. The van der Waals surface area contributed by atoms with Crippen LogP contribution >= 0.6 is 11.3 Å². The molecule has 6 heteroatoms. The molecule has 4 rings (SSSR count). The molecule has 4 aromatic rings. The number of para-hydroxylation sites is 1. The second-order valence-corrected chi connectivity index (χ2v) is 7.06. The topological polar surface area (TPSA) is 60.2 Å². The summed E-state index contributed by atoms with van der Waals surface area (Å²) in [7, 11) is 0. The summed E-state index contributed by atoms with van der Waals surface area (Å²) >= 11 is 1.74. The van der Waals surface area contributed by atoms with Gasteiger partial charge in [0, 0.05) is 29.8 Å². The van der Waals surface area contributed by atoms with Gasteiger partial charge in [0.15, 0.2) is 0 Å². The Kier molecular flexibility index (Phi) is 4.56. The van der Waals surface area contributed by atoms with Gasteiger partial charge in [0.1, 0.15) is 22.8 Å². The largest absolute Gasteiger partial charge is 0.457 e. The van der Waals surface area contributed by atoms with Gasteiger partial charge in [-0.25, -0.2) is 0 Å². The van der Waals surface area contributed by atoms with E-state index in [-0.39, 0.29) is 5.69 Å². The lowest BCUT2D eigenvalue weighted by atomic mass is 10.1. The highest BCUT2D eigenvalue weighted by molar-refractivity contribution is 7.18. The molecule has 0 amide bonds. The summed E-state index contributed by atoms with van der Waals surface area (Å²) in [6, 6.07) is 18.5. The molecule has 0 aliphatic rings. The number of nitrogens with zero attached hydrogens (tertiary/aromatic N) is 2. The maximum atomic E-state index is 10.9. The third-order valence-corrected chi connectivity index (χ3v) is 5.44. The fraction of sp³-hybridized carbons (Fsp3) is 0.0952. The normalized spacial score (nSPS) is 11.4. The Labute approximate surface area is 160 Å². The van der Waals surface area contributed by atoms with Crippen LogP contribution in [0.5, 0.6) is 0 Å². The van der Waals surface area contributed by atoms with E-state index < -0.39 is 4.92 Å². The molecule has 0 unspecified atom stereocenters. The summed E-state index contributed by atoms with van der Waals surface area (Å²) in [5.41, 5.74) is 1.96. The van der Waals surface area contributed by atoms with Crippen molar-refractivity contribution >= 4 is 39.4 Å². The Morgan fingerprint density at radius 3 is 2.78 bits per heavy atom. The molecule has 0 saturated heterocycles. The first-order valence-corrected chi connectivity index (χ1v) is 9.41. The zero-order chi connectivity index (χ0) is 18.8. The van der Waals surface area contributed by atoms with Crippen molar-refractivity contribution in [3.63, 3.8) is 0 Å². The summed E-state index contributed by atoms with van der Waals surface area (Å²) in [6.07, 6.45) is 3.97. The van der Waals surface area contributed by atoms with Gasteiger partial charge in [0.2, 0.25) is 5.52 Å². The minimum absolute atomic E-state index is 0.0512. The number of furan rings is 1. The molecule has 5 nitrogen and oxygen atoms in total. The maximum Gasteiger partial charge on any atom is 0.270 e. The number of hydrogen-bond acceptors (Lipinski definition) is 4. The molecule has 0 spiro atoms. The highest BCUT2D eigenvalue weighted by Gasteiger charge is 2.16. The Bertz CT molecular complexity index is 1160. The highest BCUT2D eigenvalue weighted by Crippen LogP contribution is 2.27. The zero-order valence-corrected chi connectivity index (χ0v) is 15.5. The van der Waals surface area contributed by atoms with Crippen LogP contribution in [-0.2, 0) is 6.54 Å². The van der Waals surface area contributed by atoms with E-state index in [1.165, 1.54) is 22.3 Å². The van der Waals surface area contributed by atoms with Gasteiger partial charge in [-0.3, -0.25) is 10.1 Å². The molecule has 0 radical (unpaired) electrons. The third-order valence-electron chi connectivity index (χ3n) is 4.31. The van der Waals surface area contributed by atoms with Crippen LogP contribution in [0.15, 0.2) is 65.1 Å².